The van der Waals surface area contributed by atoms with Crippen molar-refractivity contribution < 1.29 is 17.9 Å². The number of carbonyl (C=O) groups excluding carboxylic acids is 1. The lowest BCUT2D eigenvalue weighted by atomic mass is 10.0. The first-order chi connectivity index (χ1) is 13.2. The van der Waals surface area contributed by atoms with Gasteiger partial charge in [-0.2, -0.15) is 0 Å². The second-order valence-electron chi connectivity index (χ2n) is 7.00. The molecule has 0 aliphatic carbocycles. The number of anilines is 1. The standard InChI is InChI=1S/C22H29NO4S/c1-6-18-9-8-10-19(7-2)22(18)23(15-21(24)27-16(3)4)28(25,26)20-13-11-17(5)12-14-20/h8-14,16H,6-7,15H2,1-5H3. The third kappa shape index (κ3) is 4.93. The highest BCUT2D eigenvalue weighted by Gasteiger charge is 2.30. The molecule has 2 aromatic carbocycles. The summed E-state index contributed by atoms with van der Waals surface area (Å²) in [4.78, 5) is 12.6. The number of esters is 1. The quantitative estimate of drug-likeness (QED) is 0.618. The number of carbonyl (C=O) groups is 1. The van der Waals surface area contributed by atoms with Gasteiger partial charge in [0.2, 0.25) is 0 Å². The number of para-hydroxylation sites is 1. The zero-order valence-electron chi connectivity index (χ0n) is 17.2. The summed E-state index contributed by atoms with van der Waals surface area (Å²) in [5.74, 6) is -0.571. The predicted octanol–water partition coefficient (Wildman–Crippen LogP) is 4.27. The van der Waals surface area contributed by atoms with E-state index in [0.29, 0.717) is 18.5 Å². The molecule has 0 fully saturated rings. The normalized spacial score (nSPS) is 11.5. The van der Waals surface area contributed by atoms with Gasteiger partial charge in [0.15, 0.2) is 0 Å². The van der Waals surface area contributed by atoms with E-state index in [2.05, 4.69) is 0 Å². The average Bonchev–Trinajstić information content (AvgIpc) is 2.65. The second kappa shape index (κ2) is 9.24. The molecule has 0 aliphatic rings. The molecule has 0 saturated heterocycles. The van der Waals surface area contributed by atoms with Gasteiger partial charge in [-0.25, -0.2) is 8.42 Å². The smallest absolute Gasteiger partial charge is 0.327 e. The molecule has 0 saturated carbocycles. The van der Waals surface area contributed by atoms with Crippen LogP contribution in [0.4, 0.5) is 5.69 Å². The van der Waals surface area contributed by atoms with Crippen LogP contribution in [0.25, 0.3) is 0 Å². The molecule has 152 valence electrons. The van der Waals surface area contributed by atoms with Gasteiger partial charge in [0, 0.05) is 0 Å². The van der Waals surface area contributed by atoms with Crippen molar-refractivity contribution in [2.75, 3.05) is 10.8 Å². The van der Waals surface area contributed by atoms with Crippen LogP contribution in [-0.4, -0.2) is 27.0 Å². The Morgan fingerprint density at radius 3 is 2.00 bits per heavy atom. The van der Waals surface area contributed by atoms with E-state index in [-0.39, 0.29) is 17.5 Å². The van der Waals surface area contributed by atoms with E-state index in [1.165, 1.54) is 4.31 Å². The van der Waals surface area contributed by atoms with Crippen LogP contribution in [0.1, 0.15) is 44.4 Å². The number of hydrogen-bond acceptors (Lipinski definition) is 4. The maximum atomic E-state index is 13.5. The van der Waals surface area contributed by atoms with E-state index in [4.69, 9.17) is 4.74 Å². The van der Waals surface area contributed by atoms with Gasteiger partial charge in [-0.1, -0.05) is 49.7 Å². The van der Waals surface area contributed by atoms with E-state index in [0.717, 1.165) is 16.7 Å². The lowest BCUT2D eigenvalue weighted by molar-refractivity contribution is -0.145. The molecule has 0 aromatic heterocycles. The van der Waals surface area contributed by atoms with Gasteiger partial charge in [-0.15, -0.1) is 0 Å². The summed E-state index contributed by atoms with van der Waals surface area (Å²) in [5, 5.41) is 0. The Balaban J connectivity index is 2.64. The number of ether oxygens (including phenoxy) is 1. The molecule has 0 N–H and O–H groups in total. The summed E-state index contributed by atoms with van der Waals surface area (Å²) >= 11 is 0. The third-order valence-corrected chi connectivity index (χ3v) is 6.22. The van der Waals surface area contributed by atoms with E-state index < -0.39 is 16.0 Å². The van der Waals surface area contributed by atoms with Crippen molar-refractivity contribution in [2.24, 2.45) is 0 Å². The molecule has 0 heterocycles. The van der Waals surface area contributed by atoms with Crippen LogP contribution in [0.15, 0.2) is 47.4 Å². The Morgan fingerprint density at radius 1 is 1.00 bits per heavy atom. The zero-order valence-corrected chi connectivity index (χ0v) is 18.0. The van der Waals surface area contributed by atoms with E-state index in [9.17, 15) is 13.2 Å². The Hall–Kier alpha value is -2.34. The highest BCUT2D eigenvalue weighted by molar-refractivity contribution is 7.92. The van der Waals surface area contributed by atoms with Crippen LogP contribution in [0.3, 0.4) is 0 Å². The Bertz CT molecular complexity index is 896. The van der Waals surface area contributed by atoms with Crippen LogP contribution in [-0.2, 0) is 32.4 Å². The number of nitrogens with zero attached hydrogens (tertiary/aromatic N) is 1. The van der Waals surface area contributed by atoms with Crippen molar-refractivity contribution in [1.29, 1.82) is 0 Å². The molecule has 0 atom stereocenters. The van der Waals surface area contributed by atoms with E-state index >= 15 is 0 Å². The third-order valence-electron chi connectivity index (χ3n) is 4.46. The first-order valence-electron chi connectivity index (χ1n) is 9.60. The van der Waals surface area contributed by atoms with Crippen LogP contribution >= 0.6 is 0 Å². The number of sulfonamides is 1. The topological polar surface area (TPSA) is 63.7 Å². The highest BCUT2D eigenvalue weighted by Crippen LogP contribution is 2.32. The Kier molecular flexibility index (Phi) is 7.24. The number of rotatable bonds is 8. The minimum atomic E-state index is -3.93. The van der Waals surface area contributed by atoms with Gasteiger partial charge in [-0.3, -0.25) is 9.10 Å². The Morgan fingerprint density at radius 2 is 1.54 bits per heavy atom. The zero-order chi connectivity index (χ0) is 20.9. The SMILES string of the molecule is CCc1cccc(CC)c1N(CC(=O)OC(C)C)S(=O)(=O)c1ccc(C)cc1. The number of aryl methyl sites for hydroxylation is 3. The maximum absolute atomic E-state index is 13.5. The predicted molar refractivity (Wildman–Crippen MR) is 112 cm³/mol. The van der Waals surface area contributed by atoms with Crippen LogP contribution in [0.2, 0.25) is 0 Å². The van der Waals surface area contributed by atoms with Gasteiger partial charge < -0.3 is 4.74 Å². The largest absolute Gasteiger partial charge is 0.462 e. The molecule has 6 heteroatoms. The van der Waals surface area contributed by atoms with Crippen molar-refractivity contribution >= 4 is 21.7 Å². The molecule has 28 heavy (non-hydrogen) atoms. The molecule has 0 bridgehead atoms. The fraction of sp³-hybridized carbons (Fsp3) is 0.409. The molecule has 0 spiro atoms. The van der Waals surface area contributed by atoms with Gasteiger partial charge in [0.25, 0.3) is 10.0 Å². The van der Waals surface area contributed by atoms with Crippen molar-refractivity contribution in [2.45, 2.75) is 58.5 Å². The minimum Gasteiger partial charge on any atom is -0.462 e. The van der Waals surface area contributed by atoms with Crippen LogP contribution in [0, 0.1) is 6.92 Å². The number of benzene rings is 2. The summed E-state index contributed by atoms with van der Waals surface area (Å²) in [7, 11) is -3.93. The molecule has 0 unspecified atom stereocenters. The average molecular weight is 404 g/mol. The van der Waals surface area contributed by atoms with Crippen molar-refractivity contribution in [3.8, 4) is 0 Å². The second-order valence-corrected chi connectivity index (χ2v) is 8.86. The maximum Gasteiger partial charge on any atom is 0.327 e. The fourth-order valence-corrected chi connectivity index (χ4v) is 4.56. The molecule has 5 nitrogen and oxygen atoms in total. The minimum absolute atomic E-state index is 0.156. The Labute approximate surface area is 168 Å². The lowest BCUT2D eigenvalue weighted by Crippen LogP contribution is -2.38. The molecule has 0 radical (unpaired) electrons. The summed E-state index contributed by atoms with van der Waals surface area (Å²) in [6.45, 7) is 8.97. The van der Waals surface area contributed by atoms with E-state index in [1.807, 2.05) is 39.0 Å². The molecule has 2 aromatic rings. The lowest BCUT2D eigenvalue weighted by Gasteiger charge is -2.28. The fourth-order valence-electron chi connectivity index (χ4n) is 3.07. The monoisotopic (exact) mass is 403 g/mol. The molecule has 0 amide bonds. The van der Waals surface area contributed by atoms with Gasteiger partial charge in [0.05, 0.1) is 16.7 Å². The summed E-state index contributed by atoms with van der Waals surface area (Å²) in [5.41, 5.74) is 3.31. The number of hydrogen-bond donors (Lipinski definition) is 0. The van der Waals surface area contributed by atoms with Crippen molar-refractivity contribution in [3.63, 3.8) is 0 Å². The highest BCUT2D eigenvalue weighted by atomic mass is 32.2. The van der Waals surface area contributed by atoms with Gasteiger partial charge >= 0.3 is 5.97 Å². The first-order valence-corrected chi connectivity index (χ1v) is 11.0. The van der Waals surface area contributed by atoms with Crippen molar-refractivity contribution in [3.05, 3.63) is 59.2 Å². The molecule has 0 aliphatic heterocycles. The molecule has 2 rings (SSSR count). The summed E-state index contributed by atoms with van der Waals surface area (Å²) in [6.07, 6.45) is 0.994. The van der Waals surface area contributed by atoms with Crippen LogP contribution < -0.4 is 4.31 Å². The summed E-state index contributed by atoms with van der Waals surface area (Å²) in [6, 6.07) is 12.4. The summed E-state index contributed by atoms with van der Waals surface area (Å²) < 4.78 is 33.5. The van der Waals surface area contributed by atoms with E-state index in [1.54, 1.807) is 38.1 Å². The van der Waals surface area contributed by atoms with Crippen molar-refractivity contribution in [1.82, 2.24) is 0 Å². The molecular weight excluding hydrogens is 374 g/mol. The first kappa shape index (κ1) is 22.0. The van der Waals surface area contributed by atoms with Gasteiger partial charge in [-0.05, 0) is 56.9 Å². The molecular formula is C22H29NO4S. The van der Waals surface area contributed by atoms with Gasteiger partial charge in [0.1, 0.15) is 6.54 Å². The van der Waals surface area contributed by atoms with Crippen LogP contribution in [0.5, 0.6) is 0 Å².